The van der Waals surface area contributed by atoms with Crippen LogP contribution >= 0.6 is 11.3 Å². The number of aromatic nitrogens is 1. The van der Waals surface area contributed by atoms with Crippen molar-refractivity contribution in [3.05, 3.63) is 41.4 Å². The molecule has 2 aliphatic rings. The number of benzene rings is 1. The van der Waals surface area contributed by atoms with Crippen molar-refractivity contribution in [3.8, 4) is 5.75 Å². The van der Waals surface area contributed by atoms with Gasteiger partial charge in [0.25, 0.3) is 5.91 Å². The third-order valence-corrected chi connectivity index (χ3v) is 7.04. The van der Waals surface area contributed by atoms with Gasteiger partial charge in [-0.1, -0.05) is 25.1 Å². The molecule has 0 radical (unpaired) electrons. The van der Waals surface area contributed by atoms with Crippen LogP contribution in [0.5, 0.6) is 5.75 Å². The van der Waals surface area contributed by atoms with Gasteiger partial charge in [-0.05, 0) is 50.3 Å². The molecular formula is C24H32N4O3S. The fourth-order valence-corrected chi connectivity index (χ4v) is 5.15. The van der Waals surface area contributed by atoms with Gasteiger partial charge in [0.15, 0.2) is 11.7 Å². The van der Waals surface area contributed by atoms with E-state index in [0.29, 0.717) is 36.8 Å². The largest absolute Gasteiger partial charge is 0.484 e. The van der Waals surface area contributed by atoms with E-state index in [9.17, 15) is 9.59 Å². The molecule has 7 nitrogen and oxygen atoms in total. The van der Waals surface area contributed by atoms with Crippen LogP contribution in [0.15, 0.2) is 35.7 Å². The van der Waals surface area contributed by atoms with Crippen LogP contribution in [0.2, 0.25) is 0 Å². The maximum Gasteiger partial charge on any atom is 0.260 e. The van der Waals surface area contributed by atoms with Gasteiger partial charge in [-0.2, -0.15) is 0 Å². The Labute approximate surface area is 193 Å². The van der Waals surface area contributed by atoms with Crippen LogP contribution in [0.3, 0.4) is 0 Å². The number of nitrogens with zero attached hydrogens (tertiary/aromatic N) is 3. The fourth-order valence-electron chi connectivity index (χ4n) is 4.45. The van der Waals surface area contributed by atoms with Crippen LogP contribution in [0.4, 0.5) is 5.13 Å². The number of thiazole rings is 1. The maximum absolute atomic E-state index is 12.7. The summed E-state index contributed by atoms with van der Waals surface area (Å²) in [5.41, 5.74) is 1.03. The summed E-state index contributed by atoms with van der Waals surface area (Å²) in [4.78, 5) is 34.0. The monoisotopic (exact) mass is 456 g/mol. The first-order valence-electron chi connectivity index (χ1n) is 11.5. The molecule has 4 rings (SSSR count). The van der Waals surface area contributed by atoms with Crippen LogP contribution in [-0.4, -0.2) is 59.4 Å². The highest BCUT2D eigenvalue weighted by atomic mass is 32.1. The van der Waals surface area contributed by atoms with Crippen molar-refractivity contribution in [2.75, 3.05) is 38.1 Å². The summed E-state index contributed by atoms with van der Waals surface area (Å²) in [5, 5.41) is 5.71. The van der Waals surface area contributed by atoms with Gasteiger partial charge in [-0.25, -0.2) is 4.98 Å². The van der Waals surface area contributed by atoms with E-state index in [4.69, 9.17) is 4.74 Å². The lowest BCUT2D eigenvalue weighted by Crippen LogP contribution is -2.43. The summed E-state index contributed by atoms with van der Waals surface area (Å²) in [7, 11) is 0. The van der Waals surface area contributed by atoms with Crippen LogP contribution in [0, 0.1) is 11.8 Å². The Balaban J connectivity index is 1.19. The van der Waals surface area contributed by atoms with E-state index in [0.717, 1.165) is 31.2 Å². The number of carbonyl (C=O) groups excluding carboxylic acids is 2. The summed E-state index contributed by atoms with van der Waals surface area (Å²) in [6.45, 7) is 6.57. The summed E-state index contributed by atoms with van der Waals surface area (Å²) in [6.07, 6.45) is 3.87. The summed E-state index contributed by atoms with van der Waals surface area (Å²) in [6, 6.07) is 9.33. The SMILES string of the molecule is CC1CCCN(Cc2csc(NC(=O)C3CCN(C(=O)COc4ccccc4)CC3)n2)C1. The van der Waals surface area contributed by atoms with Crippen LogP contribution in [0.1, 0.15) is 38.3 Å². The zero-order valence-corrected chi connectivity index (χ0v) is 19.5. The first kappa shape index (κ1) is 22.7. The minimum atomic E-state index is -0.0932. The second kappa shape index (κ2) is 10.9. The predicted octanol–water partition coefficient (Wildman–Crippen LogP) is 3.63. The summed E-state index contributed by atoms with van der Waals surface area (Å²) in [5.74, 6) is 1.30. The molecule has 2 fully saturated rings. The van der Waals surface area contributed by atoms with Crippen molar-refractivity contribution in [1.82, 2.24) is 14.8 Å². The number of anilines is 1. The topological polar surface area (TPSA) is 74.8 Å². The molecule has 0 saturated carbocycles. The molecule has 2 aromatic rings. The van der Waals surface area contributed by atoms with Gasteiger partial charge >= 0.3 is 0 Å². The third kappa shape index (κ3) is 6.29. The predicted molar refractivity (Wildman–Crippen MR) is 126 cm³/mol. The molecular weight excluding hydrogens is 424 g/mol. The molecule has 2 amide bonds. The normalized spacial score (nSPS) is 20.2. The highest BCUT2D eigenvalue weighted by molar-refractivity contribution is 7.13. The van der Waals surface area contributed by atoms with Gasteiger partial charge in [0.2, 0.25) is 5.91 Å². The minimum absolute atomic E-state index is 0.00475. The van der Waals surface area contributed by atoms with E-state index >= 15 is 0 Å². The van der Waals surface area contributed by atoms with E-state index in [1.54, 1.807) is 4.90 Å². The average molecular weight is 457 g/mol. The highest BCUT2D eigenvalue weighted by Crippen LogP contribution is 2.23. The van der Waals surface area contributed by atoms with Gasteiger partial charge < -0.3 is 15.0 Å². The summed E-state index contributed by atoms with van der Waals surface area (Å²) < 4.78 is 5.56. The lowest BCUT2D eigenvalue weighted by molar-refractivity contribution is -0.136. The number of hydrogen-bond acceptors (Lipinski definition) is 6. The maximum atomic E-state index is 12.7. The molecule has 8 heteroatoms. The number of rotatable bonds is 7. The molecule has 172 valence electrons. The molecule has 1 unspecified atom stereocenters. The highest BCUT2D eigenvalue weighted by Gasteiger charge is 2.28. The number of para-hydroxylation sites is 1. The van der Waals surface area contributed by atoms with Crippen molar-refractivity contribution < 1.29 is 14.3 Å². The van der Waals surface area contributed by atoms with E-state index in [1.165, 1.54) is 24.2 Å². The number of nitrogens with one attached hydrogen (secondary N) is 1. The van der Waals surface area contributed by atoms with E-state index in [-0.39, 0.29) is 24.3 Å². The molecule has 0 spiro atoms. The zero-order valence-electron chi connectivity index (χ0n) is 18.7. The number of hydrogen-bond donors (Lipinski definition) is 1. The Kier molecular flexibility index (Phi) is 7.76. The quantitative estimate of drug-likeness (QED) is 0.689. The number of ether oxygens (including phenoxy) is 1. The number of piperidine rings is 2. The molecule has 1 N–H and O–H groups in total. The Hall–Kier alpha value is -2.45. The van der Waals surface area contributed by atoms with Crippen molar-refractivity contribution in [3.63, 3.8) is 0 Å². The smallest absolute Gasteiger partial charge is 0.260 e. The fraction of sp³-hybridized carbons (Fsp3) is 0.542. The number of amides is 2. The first-order chi connectivity index (χ1) is 15.6. The molecule has 1 atom stereocenters. The van der Waals surface area contributed by atoms with E-state index in [1.807, 2.05) is 35.7 Å². The molecule has 3 heterocycles. The summed E-state index contributed by atoms with van der Waals surface area (Å²) >= 11 is 1.49. The lowest BCUT2D eigenvalue weighted by atomic mass is 9.96. The average Bonchev–Trinajstić information content (AvgIpc) is 3.24. The standard InChI is InChI=1S/C24H32N4O3S/c1-18-6-5-11-27(14-18)15-20-17-32-24(25-20)26-23(30)19-9-12-28(13-10-19)22(29)16-31-21-7-3-2-4-8-21/h2-4,7-8,17-19H,5-6,9-16H2,1H3,(H,25,26,30). The second-order valence-corrected chi connectivity index (χ2v) is 9.73. The van der Waals surface area contributed by atoms with Crippen molar-refractivity contribution in [1.29, 1.82) is 0 Å². The molecule has 1 aromatic heterocycles. The second-order valence-electron chi connectivity index (χ2n) is 8.87. The number of likely N-dealkylation sites (tertiary alicyclic amines) is 2. The van der Waals surface area contributed by atoms with Crippen LogP contribution in [0.25, 0.3) is 0 Å². The van der Waals surface area contributed by atoms with Gasteiger partial charge in [-0.3, -0.25) is 14.5 Å². The molecule has 2 saturated heterocycles. The van der Waals surface area contributed by atoms with E-state index < -0.39 is 0 Å². The van der Waals surface area contributed by atoms with Crippen LogP contribution in [-0.2, 0) is 16.1 Å². The Morgan fingerprint density at radius 2 is 1.94 bits per heavy atom. The zero-order chi connectivity index (χ0) is 22.3. The third-order valence-electron chi connectivity index (χ3n) is 6.23. The molecule has 2 aliphatic heterocycles. The van der Waals surface area contributed by atoms with Crippen LogP contribution < -0.4 is 10.1 Å². The Bertz CT molecular complexity index is 896. The number of carbonyl (C=O) groups is 2. The van der Waals surface area contributed by atoms with E-state index in [2.05, 4.69) is 22.1 Å². The Morgan fingerprint density at radius 1 is 1.16 bits per heavy atom. The van der Waals surface area contributed by atoms with Crippen molar-refractivity contribution >= 4 is 28.3 Å². The first-order valence-corrected chi connectivity index (χ1v) is 12.4. The molecule has 1 aromatic carbocycles. The minimum Gasteiger partial charge on any atom is -0.484 e. The van der Waals surface area contributed by atoms with Gasteiger partial charge in [-0.15, -0.1) is 11.3 Å². The Morgan fingerprint density at radius 3 is 2.69 bits per heavy atom. The van der Waals surface area contributed by atoms with Gasteiger partial charge in [0.1, 0.15) is 5.75 Å². The van der Waals surface area contributed by atoms with Gasteiger partial charge in [0, 0.05) is 37.5 Å². The van der Waals surface area contributed by atoms with Gasteiger partial charge in [0.05, 0.1) is 5.69 Å². The van der Waals surface area contributed by atoms with Crippen molar-refractivity contribution in [2.45, 2.75) is 39.2 Å². The van der Waals surface area contributed by atoms with Crippen molar-refractivity contribution in [2.24, 2.45) is 11.8 Å². The molecule has 0 bridgehead atoms. The lowest BCUT2D eigenvalue weighted by Gasteiger charge is -2.31. The molecule has 32 heavy (non-hydrogen) atoms. The molecule has 0 aliphatic carbocycles.